The second-order valence-electron chi connectivity index (χ2n) is 4.02. The molecule has 1 rings (SSSR count). The maximum absolute atomic E-state index is 11.9. The van der Waals surface area contributed by atoms with Crippen LogP contribution in [-0.2, 0) is 19.1 Å². The van der Waals surface area contributed by atoms with E-state index >= 15 is 0 Å². The molecular weight excluding hydrogens is 224 g/mol. The molecule has 2 atom stereocenters. The highest BCUT2D eigenvalue weighted by Gasteiger charge is 2.51. The van der Waals surface area contributed by atoms with E-state index in [4.69, 9.17) is 9.47 Å². The van der Waals surface area contributed by atoms with Crippen LogP contribution in [-0.4, -0.2) is 37.2 Å². The van der Waals surface area contributed by atoms with Crippen molar-refractivity contribution >= 4 is 11.9 Å². The van der Waals surface area contributed by atoms with Crippen LogP contribution in [0.1, 0.15) is 33.1 Å². The minimum Gasteiger partial charge on any atom is -0.467 e. The van der Waals surface area contributed by atoms with Gasteiger partial charge in [0.05, 0.1) is 13.7 Å². The number of nitrogens with zero attached hydrogens (tertiary/aromatic N) is 2. The molecule has 6 heteroatoms. The molecule has 0 bridgehead atoms. The summed E-state index contributed by atoms with van der Waals surface area (Å²) in [7, 11) is 1.30. The van der Waals surface area contributed by atoms with E-state index in [1.807, 2.05) is 6.92 Å². The third kappa shape index (κ3) is 2.81. The van der Waals surface area contributed by atoms with Crippen molar-refractivity contribution in [3.05, 3.63) is 0 Å². The summed E-state index contributed by atoms with van der Waals surface area (Å²) in [6, 6.07) is 0. The lowest BCUT2D eigenvalue weighted by Gasteiger charge is -2.30. The van der Waals surface area contributed by atoms with Crippen LogP contribution < -0.4 is 0 Å². The second-order valence-corrected chi connectivity index (χ2v) is 4.02. The lowest BCUT2D eigenvalue weighted by molar-refractivity contribution is -0.161. The molecule has 0 saturated carbocycles. The van der Waals surface area contributed by atoms with Crippen molar-refractivity contribution in [1.29, 1.82) is 0 Å². The topological polar surface area (TPSA) is 77.3 Å². The summed E-state index contributed by atoms with van der Waals surface area (Å²) in [6.45, 7) is 3.73. The summed E-state index contributed by atoms with van der Waals surface area (Å²) in [5.74, 6) is -0.910. The first-order valence-electron chi connectivity index (χ1n) is 5.71. The molecule has 1 aliphatic rings. The normalized spacial score (nSPS) is 24.4. The number of hydrogen-bond donors (Lipinski definition) is 0. The van der Waals surface area contributed by atoms with Crippen LogP contribution in [0.25, 0.3) is 0 Å². The van der Waals surface area contributed by atoms with Crippen LogP contribution in [0.5, 0.6) is 0 Å². The Balaban J connectivity index is 2.96. The minimum atomic E-state index is -1.14. The molecule has 17 heavy (non-hydrogen) atoms. The van der Waals surface area contributed by atoms with E-state index in [1.54, 1.807) is 0 Å². The standard InChI is InChI=1S/C11H18N2O4/c1-4-5-9(17-8(2)14)11(10(15)16-3)6-7-12-13-11/h9H,4-7H2,1-3H3/t9-,11+/m1/s1. The van der Waals surface area contributed by atoms with Crippen LogP contribution in [0.4, 0.5) is 0 Å². The summed E-state index contributed by atoms with van der Waals surface area (Å²) >= 11 is 0. The van der Waals surface area contributed by atoms with Gasteiger partial charge >= 0.3 is 11.9 Å². The molecule has 0 aromatic rings. The van der Waals surface area contributed by atoms with Crippen molar-refractivity contribution in [2.75, 3.05) is 13.7 Å². The van der Waals surface area contributed by atoms with E-state index in [0.29, 0.717) is 19.4 Å². The van der Waals surface area contributed by atoms with Crippen LogP contribution in [0.15, 0.2) is 10.2 Å². The average Bonchev–Trinajstić information content (AvgIpc) is 2.77. The van der Waals surface area contributed by atoms with E-state index < -0.39 is 23.6 Å². The maximum atomic E-state index is 11.9. The van der Waals surface area contributed by atoms with Gasteiger partial charge in [-0.05, 0) is 6.42 Å². The molecule has 0 unspecified atom stereocenters. The average molecular weight is 242 g/mol. The third-order valence-electron chi connectivity index (χ3n) is 2.77. The lowest BCUT2D eigenvalue weighted by Crippen LogP contribution is -2.49. The van der Waals surface area contributed by atoms with Crippen molar-refractivity contribution in [3.63, 3.8) is 0 Å². The Bertz CT molecular complexity index is 329. The SMILES string of the molecule is CCC[C@@H](OC(C)=O)[C@]1(C(=O)OC)CCN=N1. The zero-order valence-corrected chi connectivity index (χ0v) is 10.4. The number of hydrogen-bond acceptors (Lipinski definition) is 6. The van der Waals surface area contributed by atoms with Crippen LogP contribution >= 0.6 is 0 Å². The van der Waals surface area contributed by atoms with Gasteiger partial charge in [0.25, 0.3) is 0 Å². The summed E-state index contributed by atoms with van der Waals surface area (Å²) in [5, 5.41) is 7.83. The molecule has 0 saturated heterocycles. The molecule has 96 valence electrons. The van der Waals surface area contributed by atoms with E-state index in [1.165, 1.54) is 14.0 Å². The Morgan fingerprint density at radius 3 is 2.59 bits per heavy atom. The molecule has 1 heterocycles. The molecule has 1 aliphatic heterocycles. The Kier molecular flexibility index (Phi) is 4.60. The van der Waals surface area contributed by atoms with Gasteiger partial charge in [-0.25, -0.2) is 4.79 Å². The number of esters is 2. The third-order valence-corrected chi connectivity index (χ3v) is 2.77. The van der Waals surface area contributed by atoms with Gasteiger partial charge in [0.2, 0.25) is 5.54 Å². The van der Waals surface area contributed by atoms with Gasteiger partial charge in [-0.3, -0.25) is 4.79 Å². The Hall–Kier alpha value is -1.46. The summed E-state index contributed by atoms with van der Waals surface area (Å²) in [4.78, 5) is 23.0. The van der Waals surface area contributed by atoms with Gasteiger partial charge < -0.3 is 9.47 Å². The zero-order chi connectivity index (χ0) is 12.9. The molecule has 0 spiro atoms. The fraction of sp³-hybridized carbons (Fsp3) is 0.818. The molecule has 0 aromatic carbocycles. The van der Waals surface area contributed by atoms with Crippen molar-refractivity contribution in [2.24, 2.45) is 10.2 Å². The predicted molar refractivity (Wildman–Crippen MR) is 59.5 cm³/mol. The quantitative estimate of drug-likeness (QED) is 0.684. The maximum Gasteiger partial charge on any atom is 0.339 e. The zero-order valence-electron chi connectivity index (χ0n) is 10.4. The summed E-state index contributed by atoms with van der Waals surface area (Å²) in [6.07, 6.45) is 1.18. The number of rotatable bonds is 5. The van der Waals surface area contributed by atoms with Crippen molar-refractivity contribution < 1.29 is 19.1 Å². The largest absolute Gasteiger partial charge is 0.467 e. The van der Waals surface area contributed by atoms with E-state index in [-0.39, 0.29) is 0 Å². The van der Waals surface area contributed by atoms with Gasteiger partial charge in [0.15, 0.2) is 0 Å². The lowest BCUT2D eigenvalue weighted by atomic mass is 9.87. The van der Waals surface area contributed by atoms with Crippen molar-refractivity contribution in [2.45, 2.75) is 44.8 Å². The van der Waals surface area contributed by atoms with Gasteiger partial charge in [-0.15, -0.1) is 0 Å². The highest BCUT2D eigenvalue weighted by molar-refractivity contribution is 5.82. The van der Waals surface area contributed by atoms with Crippen LogP contribution in [0.3, 0.4) is 0 Å². The van der Waals surface area contributed by atoms with E-state index in [2.05, 4.69) is 10.2 Å². The smallest absolute Gasteiger partial charge is 0.339 e. The second kappa shape index (κ2) is 5.75. The molecule has 0 N–H and O–H groups in total. The van der Waals surface area contributed by atoms with Crippen LogP contribution in [0, 0.1) is 0 Å². The summed E-state index contributed by atoms with van der Waals surface area (Å²) in [5.41, 5.74) is -1.14. The monoisotopic (exact) mass is 242 g/mol. The van der Waals surface area contributed by atoms with Crippen LogP contribution in [0.2, 0.25) is 0 Å². The van der Waals surface area contributed by atoms with E-state index in [0.717, 1.165) is 6.42 Å². The van der Waals surface area contributed by atoms with E-state index in [9.17, 15) is 9.59 Å². The Morgan fingerprint density at radius 2 is 2.18 bits per heavy atom. The van der Waals surface area contributed by atoms with Crippen molar-refractivity contribution in [3.8, 4) is 0 Å². The van der Waals surface area contributed by atoms with Gasteiger partial charge in [-0.2, -0.15) is 10.2 Å². The molecule has 0 aliphatic carbocycles. The Morgan fingerprint density at radius 1 is 1.47 bits per heavy atom. The first-order chi connectivity index (χ1) is 8.06. The minimum absolute atomic E-state index is 0.422. The molecule has 0 amide bonds. The van der Waals surface area contributed by atoms with Gasteiger partial charge in [0, 0.05) is 13.3 Å². The first-order valence-corrected chi connectivity index (χ1v) is 5.71. The molecule has 6 nitrogen and oxygen atoms in total. The summed E-state index contributed by atoms with van der Waals surface area (Å²) < 4.78 is 9.97. The predicted octanol–water partition coefficient (Wildman–Crippen LogP) is 1.49. The molecule has 0 aromatic heterocycles. The van der Waals surface area contributed by atoms with Crippen molar-refractivity contribution in [1.82, 2.24) is 0 Å². The fourth-order valence-corrected chi connectivity index (χ4v) is 1.98. The highest BCUT2D eigenvalue weighted by atomic mass is 16.6. The number of carbonyl (C=O) groups excluding carboxylic acids is 2. The number of carbonyl (C=O) groups is 2. The number of methoxy groups -OCH3 is 1. The fourth-order valence-electron chi connectivity index (χ4n) is 1.98. The number of azo groups is 1. The molecule has 0 radical (unpaired) electrons. The van der Waals surface area contributed by atoms with Gasteiger partial charge in [0.1, 0.15) is 6.10 Å². The highest BCUT2D eigenvalue weighted by Crippen LogP contribution is 2.32. The van der Waals surface area contributed by atoms with Gasteiger partial charge in [-0.1, -0.05) is 13.3 Å². The Labute approximate surface area is 100 Å². The first kappa shape index (κ1) is 13.6. The molecular formula is C11H18N2O4. The number of ether oxygens (including phenoxy) is 2. The molecule has 0 fully saturated rings.